The summed E-state index contributed by atoms with van der Waals surface area (Å²) in [6, 6.07) is -0.510. The molecule has 0 aromatic rings. The number of rotatable bonds is 7. The maximum Gasteiger partial charge on any atom is 0.327 e. The van der Waals surface area contributed by atoms with Gasteiger partial charge in [-0.05, 0) is 45.4 Å². The molecular weight excluding hydrogens is 376 g/mol. The first-order valence-corrected chi connectivity index (χ1v) is 10.3. The average Bonchev–Trinajstić information content (AvgIpc) is 2.84. The molecule has 0 aromatic carbocycles. The molecule has 2 aliphatic heterocycles. The van der Waals surface area contributed by atoms with Gasteiger partial charge in [0.25, 0.3) is 5.91 Å². The van der Waals surface area contributed by atoms with Crippen LogP contribution in [0, 0.1) is 17.8 Å². The number of hydrogen-bond donors (Lipinski definition) is 2. The van der Waals surface area contributed by atoms with Crippen molar-refractivity contribution in [3.63, 3.8) is 0 Å². The van der Waals surface area contributed by atoms with E-state index in [1.54, 1.807) is 24.2 Å². The molecule has 2 N–H and O–H groups in total. The fourth-order valence-electron chi connectivity index (χ4n) is 4.11. The van der Waals surface area contributed by atoms with Gasteiger partial charge in [-0.25, -0.2) is 10.3 Å². The fraction of sp³-hybridized carbons (Fsp3) is 0.800. The SMILES string of the molecule is CC(C)C[C@@H](C(=O)N1CCCCC1)[C@H](CN1C(=O)N(C)C(C)(C)C1=O)C(=O)NO. The molecule has 5 amide bonds. The van der Waals surface area contributed by atoms with Crippen molar-refractivity contribution >= 4 is 23.8 Å². The van der Waals surface area contributed by atoms with Crippen LogP contribution in [0.1, 0.15) is 53.4 Å². The van der Waals surface area contributed by atoms with E-state index >= 15 is 0 Å². The molecule has 0 saturated carbocycles. The highest BCUT2D eigenvalue weighted by Crippen LogP contribution is 2.31. The quantitative estimate of drug-likeness (QED) is 0.375. The van der Waals surface area contributed by atoms with E-state index in [-0.39, 0.29) is 18.4 Å². The summed E-state index contributed by atoms with van der Waals surface area (Å²) in [5, 5.41) is 9.32. The molecule has 0 bridgehead atoms. The first kappa shape index (κ1) is 23.1. The third-order valence-electron chi connectivity index (χ3n) is 6.15. The number of urea groups is 1. The average molecular weight is 411 g/mol. The molecule has 29 heavy (non-hydrogen) atoms. The Morgan fingerprint density at radius 3 is 2.14 bits per heavy atom. The monoisotopic (exact) mass is 410 g/mol. The molecule has 9 heteroatoms. The predicted molar refractivity (Wildman–Crippen MR) is 106 cm³/mol. The summed E-state index contributed by atoms with van der Waals surface area (Å²) < 4.78 is 0. The van der Waals surface area contributed by atoms with E-state index in [0.717, 1.165) is 24.2 Å². The highest BCUT2D eigenvalue weighted by atomic mass is 16.5. The molecule has 0 aromatic heterocycles. The topological polar surface area (TPSA) is 110 Å². The zero-order valence-corrected chi connectivity index (χ0v) is 18.1. The summed E-state index contributed by atoms with van der Waals surface area (Å²) in [5.41, 5.74) is 0.614. The number of imide groups is 1. The van der Waals surface area contributed by atoms with Crippen LogP contribution in [0.3, 0.4) is 0 Å². The number of piperidine rings is 1. The maximum atomic E-state index is 13.3. The number of hydroxylamine groups is 1. The minimum absolute atomic E-state index is 0.117. The van der Waals surface area contributed by atoms with Gasteiger partial charge >= 0.3 is 6.03 Å². The number of carbonyl (C=O) groups is 4. The second kappa shape index (κ2) is 9.11. The van der Waals surface area contributed by atoms with Crippen LogP contribution >= 0.6 is 0 Å². The Hall–Kier alpha value is -2.16. The molecule has 0 spiro atoms. The minimum atomic E-state index is -1.03. The van der Waals surface area contributed by atoms with Crippen molar-refractivity contribution < 1.29 is 24.4 Å². The van der Waals surface area contributed by atoms with Gasteiger partial charge in [0, 0.05) is 26.7 Å². The van der Waals surface area contributed by atoms with Gasteiger partial charge in [0.2, 0.25) is 11.8 Å². The number of nitrogens with zero attached hydrogens (tertiary/aromatic N) is 3. The lowest BCUT2D eigenvalue weighted by atomic mass is 9.82. The van der Waals surface area contributed by atoms with E-state index in [1.165, 1.54) is 11.9 Å². The molecule has 2 saturated heterocycles. The lowest BCUT2D eigenvalue weighted by molar-refractivity contribution is -0.148. The van der Waals surface area contributed by atoms with E-state index in [1.807, 2.05) is 13.8 Å². The Bertz CT molecular complexity index is 657. The fourth-order valence-corrected chi connectivity index (χ4v) is 4.11. The van der Waals surface area contributed by atoms with Crippen molar-refractivity contribution in [1.82, 2.24) is 20.2 Å². The van der Waals surface area contributed by atoms with E-state index in [4.69, 9.17) is 0 Å². The molecule has 9 nitrogen and oxygen atoms in total. The van der Waals surface area contributed by atoms with Crippen LogP contribution in [-0.2, 0) is 14.4 Å². The van der Waals surface area contributed by atoms with Crippen molar-refractivity contribution in [2.24, 2.45) is 17.8 Å². The van der Waals surface area contributed by atoms with Gasteiger partial charge in [0.1, 0.15) is 5.54 Å². The Labute approximate surface area is 172 Å². The predicted octanol–water partition coefficient (Wildman–Crippen LogP) is 1.46. The van der Waals surface area contributed by atoms with Crippen LogP contribution < -0.4 is 5.48 Å². The normalized spacial score (nSPS) is 21.6. The summed E-state index contributed by atoms with van der Waals surface area (Å²) in [6.45, 7) is 8.21. The first-order valence-electron chi connectivity index (χ1n) is 10.3. The first-order chi connectivity index (χ1) is 13.5. The van der Waals surface area contributed by atoms with Gasteiger partial charge in [-0.1, -0.05) is 13.8 Å². The number of nitrogens with one attached hydrogen (secondary N) is 1. The van der Waals surface area contributed by atoms with Crippen LogP contribution in [0.25, 0.3) is 0 Å². The number of amides is 5. The maximum absolute atomic E-state index is 13.3. The third-order valence-corrected chi connectivity index (χ3v) is 6.15. The van der Waals surface area contributed by atoms with E-state index < -0.39 is 35.2 Å². The number of likely N-dealkylation sites (N-methyl/N-ethyl adjacent to an activating group) is 1. The van der Waals surface area contributed by atoms with Crippen LogP contribution in [0.4, 0.5) is 4.79 Å². The van der Waals surface area contributed by atoms with Gasteiger partial charge in [-0.15, -0.1) is 0 Å². The number of hydrogen-bond acceptors (Lipinski definition) is 5. The van der Waals surface area contributed by atoms with Gasteiger partial charge in [0.15, 0.2) is 0 Å². The van der Waals surface area contributed by atoms with Gasteiger partial charge < -0.3 is 9.80 Å². The molecule has 2 atom stereocenters. The molecule has 164 valence electrons. The van der Waals surface area contributed by atoms with Crippen molar-refractivity contribution in [2.75, 3.05) is 26.7 Å². The Balaban J connectivity index is 2.33. The Kier molecular flexibility index (Phi) is 7.26. The third kappa shape index (κ3) is 4.71. The minimum Gasteiger partial charge on any atom is -0.342 e. The zero-order chi connectivity index (χ0) is 21.9. The highest BCUT2D eigenvalue weighted by Gasteiger charge is 2.51. The largest absolute Gasteiger partial charge is 0.342 e. The van der Waals surface area contributed by atoms with Gasteiger partial charge in [-0.3, -0.25) is 24.5 Å². The van der Waals surface area contributed by atoms with Gasteiger partial charge in [-0.2, -0.15) is 0 Å². The Morgan fingerprint density at radius 1 is 1.10 bits per heavy atom. The second-order valence-electron chi connectivity index (χ2n) is 9.02. The van der Waals surface area contributed by atoms with Crippen molar-refractivity contribution in [1.29, 1.82) is 0 Å². The Morgan fingerprint density at radius 2 is 1.69 bits per heavy atom. The molecule has 0 radical (unpaired) electrons. The molecule has 2 fully saturated rings. The lowest BCUT2D eigenvalue weighted by Gasteiger charge is -2.34. The molecule has 2 heterocycles. The van der Waals surface area contributed by atoms with Crippen LogP contribution in [0.5, 0.6) is 0 Å². The summed E-state index contributed by atoms with van der Waals surface area (Å²) in [5.74, 6) is -2.96. The smallest absolute Gasteiger partial charge is 0.327 e. The molecular formula is C20H34N4O5. The molecule has 0 aliphatic carbocycles. The standard InChI is InChI=1S/C20H34N4O5/c1-13(2)11-14(17(26)23-9-7-6-8-10-23)15(16(25)21-29)12-24-18(27)20(3,4)22(5)19(24)28/h13-15,29H,6-12H2,1-5H3,(H,21,25)/t14-,15+/m1/s1. The van der Waals surface area contributed by atoms with Crippen LogP contribution in [0.15, 0.2) is 0 Å². The summed E-state index contributed by atoms with van der Waals surface area (Å²) in [7, 11) is 1.53. The van der Waals surface area contributed by atoms with Crippen molar-refractivity contribution in [2.45, 2.75) is 58.9 Å². The van der Waals surface area contributed by atoms with Gasteiger partial charge in [0.05, 0.1) is 11.8 Å². The second-order valence-corrected chi connectivity index (χ2v) is 9.02. The number of carbonyl (C=O) groups excluding carboxylic acids is 4. The van der Waals surface area contributed by atoms with Crippen LogP contribution in [-0.4, -0.2) is 75.9 Å². The van der Waals surface area contributed by atoms with Crippen molar-refractivity contribution in [3.05, 3.63) is 0 Å². The zero-order valence-electron chi connectivity index (χ0n) is 18.1. The van der Waals surface area contributed by atoms with E-state index in [9.17, 15) is 24.4 Å². The highest BCUT2D eigenvalue weighted by molar-refractivity contribution is 6.06. The molecule has 0 unspecified atom stereocenters. The van der Waals surface area contributed by atoms with Crippen LogP contribution in [0.2, 0.25) is 0 Å². The van der Waals surface area contributed by atoms with E-state index in [2.05, 4.69) is 0 Å². The molecule has 2 aliphatic rings. The summed E-state index contributed by atoms with van der Waals surface area (Å²) >= 11 is 0. The summed E-state index contributed by atoms with van der Waals surface area (Å²) in [4.78, 5) is 55.4. The molecule has 2 rings (SSSR count). The van der Waals surface area contributed by atoms with Crippen molar-refractivity contribution in [3.8, 4) is 0 Å². The lowest BCUT2D eigenvalue weighted by Crippen LogP contribution is -2.50. The summed E-state index contributed by atoms with van der Waals surface area (Å²) in [6.07, 6.45) is 3.32. The van der Waals surface area contributed by atoms with E-state index in [0.29, 0.717) is 19.5 Å². The number of likely N-dealkylation sites (tertiary alicyclic amines) is 1.